The number of para-hydroxylation sites is 1. The lowest BCUT2D eigenvalue weighted by atomic mass is 10.1. The van der Waals surface area contributed by atoms with Crippen molar-refractivity contribution >= 4 is 50.6 Å². The Morgan fingerprint density at radius 3 is 2.48 bits per heavy atom. The van der Waals surface area contributed by atoms with Crippen molar-refractivity contribution in [3.8, 4) is 17.6 Å². The van der Waals surface area contributed by atoms with Gasteiger partial charge in [0, 0.05) is 0 Å². The highest BCUT2D eigenvalue weighted by atomic mass is 79.9. The summed E-state index contributed by atoms with van der Waals surface area (Å²) in [5.74, 6) is 0.621. The Morgan fingerprint density at radius 1 is 1.09 bits per heavy atom. The van der Waals surface area contributed by atoms with Crippen molar-refractivity contribution in [3.63, 3.8) is 0 Å². The van der Waals surface area contributed by atoms with Gasteiger partial charge < -0.3 is 9.47 Å². The van der Waals surface area contributed by atoms with E-state index in [4.69, 9.17) is 14.7 Å². The molecular formula is C25H17BrN2O4S. The molecule has 1 fully saturated rings. The minimum atomic E-state index is -0.368. The quantitative estimate of drug-likeness (QED) is 0.362. The smallest absolute Gasteiger partial charge is 0.298 e. The van der Waals surface area contributed by atoms with E-state index in [0.29, 0.717) is 37.7 Å². The Labute approximate surface area is 203 Å². The standard InChI is InChI=1S/C25H17BrN2O4S/c1-31-21-12-18(11-20(26)23(21)32-15-17-9-7-16(14-27)8-10-17)13-22-24(29)28(25(30)33-22)19-5-3-2-4-6-19/h2-13H,15H2,1H3/b22-13-. The van der Waals surface area contributed by atoms with Gasteiger partial charge in [0.2, 0.25) is 0 Å². The van der Waals surface area contributed by atoms with Crippen LogP contribution in [0.3, 0.4) is 0 Å². The molecule has 1 aliphatic heterocycles. The fourth-order valence-electron chi connectivity index (χ4n) is 3.21. The number of thioether (sulfide) groups is 1. The highest BCUT2D eigenvalue weighted by Gasteiger charge is 2.36. The van der Waals surface area contributed by atoms with E-state index in [1.54, 1.807) is 54.6 Å². The summed E-state index contributed by atoms with van der Waals surface area (Å²) in [6.07, 6.45) is 1.66. The maximum absolute atomic E-state index is 12.9. The van der Waals surface area contributed by atoms with Crippen molar-refractivity contribution in [2.24, 2.45) is 0 Å². The van der Waals surface area contributed by atoms with Crippen LogP contribution in [0.2, 0.25) is 0 Å². The molecule has 0 bridgehead atoms. The number of halogens is 1. The Hall–Kier alpha value is -3.54. The molecule has 3 aromatic carbocycles. The lowest BCUT2D eigenvalue weighted by Gasteiger charge is -2.14. The van der Waals surface area contributed by atoms with Crippen LogP contribution in [-0.4, -0.2) is 18.3 Å². The number of hydrogen-bond acceptors (Lipinski definition) is 6. The SMILES string of the molecule is COc1cc(/C=C2\SC(=O)N(c3ccccc3)C2=O)cc(Br)c1OCc1ccc(C#N)cc1. The molecule has 0 radical (unpaired) electrons. The topological polar surface area (TPSA) is 79.6 Å². The number of anilines is 1. The molecular weight excluding hydrogens is 504 g/mol. The predicted molar refractivity (Wildman–Crippen MR) is 131 cm³/mol. The first kappa shape index (κ1) is 22.6. The molecule has 0 atom stereocenters. The number of carbonyl (C=O) groups is 2. The summed E-state index contributed by atoms with van der Waals surface area (Å²) in [6, 6.07) is 21.6. The Kier molecular flexibility index (Phi) is 6.82. The van der Waals surface area contributed by atoms with Gasteiger partial charge in [-0.1, -0.05) is 30.3 Å². The number of benzene rings is 3. The van der Waals surface area contributed by atoms with Crippen LogP contribution in [0.25, 0.3) is 6.08 Å². The van der Waals surface area contributed by atoms with Gasteiger partial charge in [-0.25, -0.2) is 4.90 Å². The molecule has 0 N–H and O–H groups in total. The lowest BCUT2D eigenvalue weighted by molar-refractivity contribution is -0.113. The second-order valence-corrected chi connectivity index (χ2v) is 8.83. The highest BCUT2D eigenvalue weighted by Crippen LogP contribution is 2.40. The molecule has 2 amide bonds. The van der Waals surface area contributed by atoms with Crippen molar-refractivity contribution < 1.29 is 19.1 Å². The fourth-order valence-corrected chi connectivity index (χ4v) is 4.63. The van der Waals surface area contributed by atoms with Crippen LogP contribution < -0.4 is 14.4 Å². The number of amides is 2. The van der Waals surface area contributed by atoms with Crippen LogP contribution in [0, 0.1) is 11.3 Å². The number of methoxy groups -OCH3 is 1. The molecule has 0 unspecified atom stereocenters. The van der Waals surface area contributed by atoms with Gasteiger partial charge in [0.15, 0.2) is 11.5 Å². The molecule has 1 aliphatic rings. The Balaban J connectivity index is 1.56. The second-order valence-electron chi connectivity index (χ2n) is 6.98. The molecule has 164 valence electrons. The molecule has 6 nitrogen and oxygen atoms in total. The number of ether oxygens (including phenoxy) is 2. The normalized spacial score (nSPS) is 14.5. The molecule has 4 rings (SSSR count). The summed E-state index contributed by atoms with van der Waals surface area (Å²) >= 11 is 4.41. The third-order valence-corrected chi connectivity index (χ3v) is 6.28. The average molecular weight is 521 g/mol. The van der Waals surface area contributed by atoms with E-state index in [2.05, 4.69) is 22.0 Å². The third-order valence-electron chi connectivity index (χ3n) is 4.82. The van der Waals surface area contributed by atoms with Crippen molar-refractivity contribution in [1.82, 2.24) is 0 Å². The summed E-state index contributed by atoms with van der Waals surface area (Å²) in [5, 5.41) is 8.58. The number of imide groups is 1. The van der Waals surface area contributed by atoms with Crippen molar-refractivity contribution in [3.05, 3.63) is 92.8 Å². The first-order valence-corrected chi connectivity index (χ1v) is 11.4. The summed E-state index contributed by atoms with van der Waals surface area (Å²) in [5.41, 5.74) is 2.71. The number of hydrogen-bond donors (Lipinski definition) is 0. The van der Waals surface area contributed by atoms with Gasteiger partial charge >= 0.3 is 0 Å². The van der Waals surface area contributed by atoms with Crippen LogP contribution in [0.5, 0.6) is 11.5 Å². The molecule has 1 saturated heterocycles. The molecule has 0 saturated carbocycles. The van der Waals surface area contributed by atoms with Crippen molar-refractivity contribution in [2.45, 2.75) is 6.61 Å². The first-order chi connectivity index (χ1) is 16.0. The zero-order chi connectivity index (χ0) is 23.4. The monoisotopic (exact) mass is 520 g/mol. The average Bonchev–Trinajstić information content (AvgIpc) is 3.11. The maximum atomic E-state index is 12.9. The Bertz CT molecular complexity index is 1280. The molecule has 3 aromatic rings. The van der Waals surface area contributed by atoms with Gasteiger partial charge in [0.05, 0.1) is 33.8 Å². The largest absolute Gasteiger partial charge is 0.493 e. The summed E-state index contributed by atoms with van der Waals surface area (Å²) in [6.45, 7) is 0.288. The molecule has 0 aliphatic carbocycles. The van der Waals surface area contributed by atoms with Crippen LogP contribution in [0.4, 0.5) is 10.5 Å². The van der Waals surface area contributed by atoms with Crippen LogP contribution in [0.1, 0.15) is 16.7 Å². The summed E-state index contributed by atoms with van der Waals surface area (Å²) in [7, 11) is 1.53. The van der Waals surface area contributed by atoms with Gasteiger partial charge in [0.1, 0.15) is 6.61 Å². The zero-order valence-corrected chi connectivity index (χ0v) is 19.9. The van der Waals surface area contributed by atoms with Gasteiger partial charge in [-0.05, 0) is 81.3 Å². The van der Waals surface area contributed by atoms with Crippen LogP contribution >= 0.6 is 27.7 Å². The van der Waals surface area contributed by atoms with E-state index in [1.807, 2.05) is 18.2 Å². The highest BCUT2D eigenvalue weighted by molar-refractivity contribution is 9.10. The van der Waals surface area contributed by atoms with E-state index in [1.165, 1.54) is 7.11 Å². The fraction of sp³-hybridized carbons (Fsp3) is 0.0800. The summed E-state index contributed by atoms with van der Waals surface area (Å²) in [4.78, 5) is 26.8. The Morgan fingerprint density at radius 2 is 1.82 bits per heavy atom. The lowest BCUT2D eigenvalue weighted by Crippen LogP contribution is -2.27. The van der Waals surface area contributed by atoms with Crippen LogP contribution in [0.15, 0.2) is 76.1 Å². The minimum Gasteiger partial charge on any atom is -0.493 e. The van der Waals surface area contributed by atoms with Gasteiger partial charge in [0.25, 0.3) is 11.1 Å². The molecule has 1 heterocycles. The molecule has 33 heavy (non-hydrogen) atoms. The maximum Gasteiger partial charge on any atom is 0.298 e. The summed E-state index contributed by atoms with van der Waals surface area (Å²) < 4.78 is 12.1. The van der Waals surface area contributed by atoms with Gasteiger partial charge in [-0.15, -0.1) is 0 Å². The number of nitriles is 1. The van der Waals surface area contributed by atoms with Gasteiger partial charge in [-0.2, -0.15) is 5.26 Å². The number of carbonyl (C=O) groups excluding carboxylic acids is 2. The zero-order valence-electron chi connectivity index (χ0n) is 17.4. The van der Waals surface area contributed by atoms with E-state index < -0.39 is 0 Å². The van der Waals surface area contributed by atoms with E-state index in [-0.39, 0.29) is 17.8 Å². The number of nitrogens with zero attached hydrogens (tertiary/aromatic N) is 2. The van der Waals surface area contributed by atoms with E-state index in [9.17, 15) is 9.59 Å². The molecule has 0 spiro atoms. The predicted octanol–water partition coefficient (Wildman–Crippen LogP) is 6.15. The number of rotatable bonds is 6. The first-order valence-electron chi connectivity index (χ1n) is 9.82. The molecule has 0 aromatic heterocycles. The van der Waals surface area contributed by atoms with Gasteiger partial charge in [-0.3, -0.25) is 9.59 Å². The molecule has 8 heteroatoms. The second kappa shape index (κ2) is 9.94. The van der Waals surface area contributed by atoms with Crippen LogP contribution in [-0.2, 0) is 11.4 Å². The van der Waals surface area contributed by atoms with E-state index >= 15 is 0 Å². The van der Waals surface area contributed by atoms with Crippen molar-refractivity contribution in [2.75, 3.05) is 12.0 Å². The third kappa shape index (κ3) is 4.95. The van der Waals surface area contributed by atoms with E-state index in [0.717, 1.165) is 22.2 Å². The minimum absolute atomic E-state index is 0.288. The van der Waals surface area contributed by atoms with Crippen molar-refractivity contribution in [1.29, 1.82) is 5.26 Å².